The van der Waals surface area contributed by atoms with Crippen LogP contribution in [0.4, 0.5) is 0 Å². The highest BCUT2D eigenvalue weighted by Crippen LogP contribution is 2.37. The minimum absolute atomic E-state index is 0.0938. The van der Waals surface area contributed by atoms with Gasteiger partial charge < -0.3 is 5.11 Å². The SMILES string of the molecule is CC1CC(O)C(C)(C)CS1. The third-order valence-electron chi connectivity index (χ3n) is 2.20. The van der Waals surface area contributed by atoms with Crippen LogP contribution in [0, 0.1) is 5.41 Å². The Balaban J connectivity index is 2.52. The Hall–Kier alpha value is 0.310. The van der Waals surface area contributed by atoms with Crippen LogP contribution >= 0.6 is 11.8 Å². The second-order valence-electron chi connectivity index (χ2n) is 3.86. The van der Waals surface area contributed by atoms with E-state index < -0.39 is 0 Å². The monoisotopic (exact) mass is 160 g/mol. The van der Waals surface area contributed by atoms with Crippen molar-refractivity contribution in [2.24, 2.45) is 5.41 Å². The van der Waals surface area contributed by atoms with Crippen molar-refractivity contribution in [2.45, 2.75) is 38.5 Å². The van der Waals surface area contributed by atoms with Gasteiger partial charge >= 0.3 is 0 Å². The first-order valence-corrected chi connectivity index (χ1v) is 4.87. The van der Waals surface area contributed by atoms with Crippen LogP contribution in [0.1, 0.15) is 27.2 Å². The lowest BCUT2D eigenvalue weighted by Crippen LogP contribution is -2.38. The molecule has 1 rings (SSSR count). The molecular formula is C8H16OS. The molecule has 1 nitrogen and oxygen atoms in total. The summed E-state index contributed by atoms with van der Waals surface area (Å²) in [6.07, 6.45) is 0.862. The topological polar surface area (TPSA) is 20.2 Å². The molecule has 1 aliphatic heterocycles. The van der Waals surface area contributed by atoms with Crippen LogP contribution in [0.3, 0.4) is 0 Å². The van der Waals surface area contributed by atoms with Crippen LogP contribution in [-0.2, 0) is 0 Å². The molecule has 0 aromatic carbocycles. The van der Waals surface area contributed by atoms with E-state index in [1.807, 2.05) is 11.8 Å². The van der Waals surface area contributed by atoms with Gasteiger partial charge in [-0.15, -0.1) is 0 Å². The van der Waals surface area contributed by atoms with E-state index in [4.69, 9.17) is 0 Å². The van der Waals surface area contributed by atoms with Crippen molar-refractivity contribution in [2.75, 3.05) is 5.75 Å². The summed E-state index contributed by atoms with van der Waals surface area (Å²) in [6.45, 7) is 6.45. The number of aliphatic hydroxyl groups excluding tert-OH is 1. The summed E-state index contributed by atoms with van der Waals surface area (Å²) in [5.41, 5.74) is 0.136. The van der Waals surface area contributed by atoms with Crippen LogP contribution in [0.5, 0.6) is 0 Å². The highest BCUT2D eigenvalue weighted by atomic mass is 32.2. The molecule has 0 saturated carbocycles. The summed E-state index contributed by atoms with van der Waals surface area (Å²) in [6, 6.07) is 0. The molecule has 10 heavy (non-hydrogen) atoms. The van der Waals surface area contributed by atoms with E-state index in [0.717, 1.165) is 12.2 Å². The third-order valence-corrected chi connectivity index (χ3v) is 3.87. The van der Waals surface area contributed by atoms with E-state index in [1.54, 1.807) is 0 Å². The summed E-state index contributed by atoms with van der Waals surface area (Å²) in [5, 5.41) is 10.2. The second kappa shape index (κ2) is 2.74. The average molecular weight is 160 g/mol. The van der Waals surface area contributed by atoms with E-state index in [2.05, 4.69) is 20.8 Å². The van der Waals surface area contributed by atoms with Crippen LogP contribution in [0.15, 0.2) is 0 Å². The maximum atomic E-state index is 9.59. The molecule has 2 atom stereocenters. The molecule has 0 bridgehead atoms. The Morgan fingerprint density at radius 2 is 2.10 bits per heavy atom. The van der Waals surface area contributed by atoms with E-state index in [0.29, 0.717) is 5.25 Å². The van der Waals surface area contributed by atoms with Crippen molar-refractivity contribution in [3.8, 4) is 0 Å². The van der Waals surface area contributed by atoms with Crippen molar-refractivity contribution in [3.63, 3.8) is 0 Å². The molecule has 1 N–H and O–H groups in total. The predicted octanol–water partition coefficient (Wildman–Crippen LogP) is 1.90. The van der Waals surface area contributed by atoms with E-state index >= 15 is 0 Å². The zero-order chi connectivity index (χ0) is 7.78. The smallest absolute Gasteiger partial charge is 0.0609 e. The lowest BCUT2D eigenvalue weighted by Gasteiger charge is -2.37. The molecule has 0 amide bonds. The Labute approximate surface area is 67.2 Å². The summed E-state index contributed by atoms with van der Waals surface area (Å²) in [5.74, 6) is 1.09. The van der Waals surface area contributed by atoms with Gasteiger partial charge in [-0.1, -0.05) is 20.8 Å². The van der Waals surface area contributed by atoms with Crippen LogP contribution in [0.25, 0.3) is 0 Å². The fourth-order valence-electron chi connectivity index (χ4n) is 1.15. The van der Waals surface area contributed by atoms with Crippen molar-refractivity contribution in [1.82, 2.24) is 0 Å². The summed E-state index contributed by atoms with van der Waals surface area (Å²) >= 11 is 1.97. The first-order valence-electron chi connectivity index (χ1n) is 3.82. The highest BCUT2D eigenvalue weighted by Gasteiger charge is 2.33. The molecule has 0 radical (unpaired) electrons. The quantitative estimate of drug-likeness (QED) is 0.584. The number of hydrogen-bond donors (Lipinski definition) is 1. The van der Waals surface area contributed by atoms with Crippen LogP contribution in [-0.4, -0.2) is 22.2 Å². The largest absolute Gasteiger partial charge is 0.392 e. The van der Waals surface area contributed by atoms with E-state index in [1.165, 1.54) is 0 Å². The Bertz CT molecular complexity index is 122. The minimum atomic E-state index is -0.0938. The molecule has 0 aliphatic carbocycles. The predicted molar refractivity (Wildman–Crippen MR) is 46.3 cm³/mol. The molecule has 2 heteroatoms. The van der Waals surface area contributed by atoms with Crippen molar-refractivity contribution in [1.29, 1.82) is 0 Å². The fraction of sp³-hybridized carbons (Fsp3) is 1.00. The third kappa shape index (κ3) is 1.67. The Kier molecular flexibility index (Phi) is 2.31. The van der Waals surface area contributed by atoms with E-state index in [-0.39, 0.29) is 11.5 Å². The molecule has 1 aliphatic rings. The Morgan fingerprint density at radius 3 is 2.50 bits per heavy atom. The standard InChI is InChI=1S/C8H16OS/c1-6-4-7(9)8(2,3)5-10-6/h6-7,9H,4-5H2,1-3H3. The van der Waals surface area contributed by atoms with Crippen molar-refractivity contribution >= 4 is 11.8 Å². The van der Waals surface area contributed by atoms with Gasteiger partial charge in [0.1, 0.15) is 0 Å². The lowest BCUT2D eigenvalue weighted by molar-refractivity contribution is 0.0544. The Morgan fingerprint density at radius 1 is 1.50 bits per heavy atom. The normalized spacial score (nSPS) is 39.6. The molecule has 1 heterocycles. The maximum Gasteiger partial charge on any atom is 0.0609 e. The summed E-state index contributed by atoms with van der Waals surface area (Å²) in [7, 11) is 0. The zero-order valence-electron chi connectivity index (χ0n) is 6.92. The fourth-order valence-corrected chi connectivity index (χ4v) is 2.38. The molecule has 0 aromatic heterocycles. The number of aliphatic hydroxyl groups is 1. The van der Waals surface area contributed by atoms with Crippen LogP contribution in [0.2, 0.25) is 0 Å². The van der Waals surface area contributed by atoms with Gasteiger partial charge in [0.2, 0.25) is 0 Å². The summed E-state index contributed by atoms with van der Waals surface area (Å²) in [4.78, 5) is 0. The molecule has 1 fully saturated rings. The van der Waals surface area contributed by atoms with Gasteiger partial charge in [-0.3, -0.25) is 0 Å². The molecule has 1 saturated heterocycles. The maximum absolute atomic E-state index is 9.59. The number of thioether (sulfide) groups is 1. The van der Waals surface area contributed by atoms with Crippen molar-refractivity contribution in [3.05, 3.63) is 0 Å². The first kappa shape index (κ1) is 8.41. The number of rotatable bonds is 0. The second-order valence-corrected chi connectivity index (χ2v) is 5.29. The highest BCUT2D eigenvalue weighted by molar-refractivity contribution is 7.99. The lowest BCUT2D eigenvalue weighted by atomic mass is 9.86. The summed E-state index contributed by atoms with van der Waals surface area (Å²) < 4.78 is 0. The molecule has 60 valence electrons. The van der Waals surface area contributed by atoms with Gasteiger partial charge in [0.15, 0.2) is 0 Å². The van der Waals surface area contributed by atoms with Gasteiger partial charge in [0, 0.05) is 11.0 Å². The molecule has 0 aromatic rings. The number of hydrogen-bond acceptors (Lipinski definition) is 2. The van der Waals surface area contributed by atoms with Gasteiger partial charge in [-0.2, -0.15) is 11.8 Å². The van der Waals surface area contributed by atoms with Gasteiger partial charge in [-0.25, -0.2) is 0 Å². The van der Waals surface area contributed by atoms with E-state index in [9.17, 15) is 5.11 Å². The molecule has 0 spiro atoms. The average Bonchev–Trinajstić information content (AvgIpc) is 1.81. The minimum Gasteiger partial charge on any atom is -0.392 e. The van der Waals surface area contributed by atoms with Crippen LogP contribution < -0.4 is 0 Å². The molecular weight excluding hydrogens is 144 g/mol. The van der Waals surface area contributed by atoms with Gasteiger partial charge in [0.25, 0.3) is 0 Å². The first-order chi connectivity index (χ1) is 4.52. The molecule has 2 unspecified atom stereocenters. The van der Waals surface area contributed by atoms with Gasteiger partial charge in [0.05, 0.1) is 6.10 Å². The van der Waals surface area contributed by atoms with Crippen molar-refractivity contribution < 1.29 is 5.11 Å². The zero-order valence-corrected chi connectivity index (χ0v) is 7.74. The van der Waals surface area contributed by atoms with Gasteiger partial charge in [-0.05, 0) is 11.8 Å².